The van der Waals surface area contributed by atoms with Crippen molar-refractivity contribution in [2.45, 2.75) is 51.7 Å². The number of rotatable bonds is 2. The molecule has 1 heterocycles. The first-order chi connectivity index (χ1) is 8.22. The van der Waals surface area contributed by atoms with Crippen LogP contribution in [0.5, 0.6) is 0 Å². The van der Waals surface area contributed by atoms with E-state index < -0.39 is 29.5 Å². The van der Waals surface area contributed by atoms with E-state index in [1.165, 1.54) is 0 Å². The quantitative estimate of drug-likeness (QED) is 0.693. The summed E-state index contributed by atoms with van der Waals surface area (Å²) in [5.41, 5.74) is -0.477. The largest absolute Gasteiger partial charge is 0.548 e. The molecular weight excluding hydrogens is 234 g/mol. The predicted molar refractivity (Wildman–Crippen MR) is 62.4 cm³/mol. The summed E-state index contributed by atoms with van der Waals surface area (Å²) in [6, 6.07) is -0.925. The van der Waals surface area contributed by atoms with Crippen molar-refractivity contribution in [2.75, 3.05) is 6.54 Å². The molecular formula is C13H20NO4-. The van der Waals surface area contributed by atoms with Crippen LogP contribution in [0.4, 0.5) is 0 Å². The number of aliphatic carboxylic acids is 1. The van der Waals surface area contributed by atoms with Crippen LogP contribution in [0, 0.1) is 11.3 Å². The molecule has 102 valence electrons. The third-order valence-corrected chi connectivity index (χ3v) is 3.67. The number of hydrogen-bond donors (Lipinski definition) is 1. The first-order valence-corrected chi connectivity index (χ1v) is 6.40. The van der Waals surface area contributed by atoms with Gasteiger partial charge in [-0.1, -0.05) is 0 Å². The van der Waals surface area contributed by atoms with E-state index in [1.807, 2.05) is 0 Å². The highest BCUT2D eigenvalue weighted by atomic mass is 16.6. The number of carbonyl (C=O) groups excluding carboxylic acids is 2. The maximum atomic E-state index is 12.1. The molecule has 0 radical (unpaired) electrons. The highest BCUT2D eigenvalue weighted by Gasteiger charge is 2.51. The smallest absolute Gasteiger partial charge is 0.311 e. The van der Waals surface area contributed by atoms with Gasteiger partial charge in [-0.05, 0) is 45.4 Å². The molecule has 0 aromatic heterocycles. The molecule has 1 aliphatic carbocycles. The molecule has 2 fully saturated rings. The average Bonchev–Trinajstić information content (AvgIpc) is 2.94. The van der Waals surface area contributed by atoms with E-state index in [0.29, 0.717) is 13.0 Å². The van der Waals surface area contributed by atoms with E-state index in [-0.39, 0.29) is 5.41 Å². The van der Waals surface area contributed by atoms with Crippen LogP contribution < -0.4 is 10.4 Å². The lowest BCUT2D eigenvalue weighted by molar-refractivity contribution is -0.310. The van der Waals surface area contributed by atoms with Gasteiger partial charge < -0.3 is 20.0 Å². The molecule has 0 amide bonds. The molecule has 1 aliphatic heterocycles. The van der Waals surface area contributed by atoms with Crippen molar-refractivity contribution in [1.29, 1.82) is 0 Å². The summed E-state index contributed by atoms with van der Waals surface area (Å²) in [6.07, 6.45) is 2.70. The topological polar surface area (TPSA) is 78.5 Å². The zero-order valence-corrected chi connectivity index (χ0v) is 11.1. The molecule has 0 aromatic carbocycles. The number of piperidine rings is 1. The van der Waals surface area contributed by atoms with Crippen molar-refractivity contribution in [3.8, 4) is 0 Å². The van der Waals surface area contributed by atoms with Crippen LogP contribution in [0.3, 0.4) is 0 Å². The Kier molecular flexibility index (Phi) is 3.13. The standard InChI is InChI=1S/C13H21NO4/c1-12(2,3)18-11(17)8-6-13(4-5-13)7-14-9(8)10(15)16/h8-9,14H,4-7H2,1-3H3,(H,15,16)/p-1. The van der Waals surface area contributed by atoms with Crippen molar-refractivity contribution in [1.82, 2.24) is 5.32 Å². The summed E-state index contributed by atoms with van der Waals surface area (Å²) >= 11 is 0. The van der Waals surface area contributed by atoms with Gasteiger partial charge in [0.2, 0.25) is 0 Å². The monoisotopic (exact) mass is 254 g/mol. The van der Waals surface area contributed by atoms with E-state index >= 15 is 0 Å². The van der Waals surface area contributed by atoms with Crippen LogP contribution in [-0.2, 0) is 14.3 Å². The molecule has 0 aromatic rings. The molecule has 18 heavy (non-hydrogen) atoms. The van der Waals surface area contributed by atoms with Crippen molar-refractivity contribution in [2.24, 2.45) is 11.3 Å². The number of esters is 1. The Balaban J connectivity index is 2.09. The number of carbonyl (C=O) groups is 2. The van der Waals surface area contributed by atoms with E-state index in [4.69, 9.17) is 4.74 Å². The van der Waals surface area contributed by atoms with Crippen LogP contribution in [0.2, 0.25) is 0 Å². The summed E-state index contributed by atoms with van der Waals surface area (Å²) in [5.74, 6) is -2.29. The van der Waals surface area contributed by atoms with Gasteiger partial charge in [0.15, 0.2) is 0 Å². The number of nitrogens with one attached hydrogen (secondary N) is 1. The van der Waals surface area contributed by atoms with Gasteiger partial charge in [0, 0.05) is 6.54 Å². The molecule has 2 aliphatic rings. The minimum atomic E-state index is -1.22. The maximum absolute atomic E-state index is 12.1. The number of hydrogen-bond acceptors (Lipinski definition) is 5. The maximum Gasteiger partial charge on any atom is 0.311 e. The summed E-state index contributed by atoms with van der Waals surface area (Å²) in [4.78, 5) is 23.2. The van der Waals surface area contributed by atoms with Crippen LogP contribution in [0.15, 0.2) is 0 Å². The van der Waals surface area contributed by atoms with Gasteiger partial charge >= 0.3 is 5.97 Å². The molecule has 1 N–H and O–H groups in total. The van der Waals surface area contributed by atoms with E-state index in [2.05, 4.69) is 5.32 Å². The van der Waals surface area contributed by atoms with Gasteiger partial charge in [0.1, 0.15) is 5.60 Å². The fourth-order valence-electron chi connectivity index (χ4n) is 2.53. The van der Waals surface area contributed by atoms with Gasteiger partial charge in [-0.15, -0.1) is 0 Å². The van der Waals surface area contributed by atoms with Crippen LogP contribution in [0.1, 0.15) is 40.0 Å². The second kappa shape index (κ2) is 4.23. The zero-order valence-electron chi connectivity index (χ0n) is 11.1. The van der Waals surface area contributed by atoms with Crippen LogP contribution in [0.25, 0.3) is 0 Å². The average molecular weight is 254 g/mol. The van der Waals surface area contributed by atoms with E-state index in [9.17, 15) is 14.7 Å². The van der Waals surface area contributed by atoms with Gasteiger partial charge in [0.05, 0.1) is 17.9 Å². The minimum Gasteiger partial charge on any atom is -0.548 e. The Labute approximate surface area is 107 Å². The lowest BCUT2D eigenvalue weighted by Gasteiger charge is -2.37. The Morgan fingerprint density at radius 1 is 1.33 bits per heavy atom. The Morgan fingerprint density at radius 3 is 2.39 bits per heavy atom. The van der Waals surface area contributed by atoms with Gasteiger partial charge in [-0.25, -0.2) is 0 Å². The summed E-state index contributed by atoms with van der Waals surface area (Å²) in [5, 5.41) is 14.0. The highest BCUT2D eigenvalue weighted by molar-refractivity contribution is 5.83. The fourth-order valence-corrected chi connectivity index (χ4v) is 2.53. The summed E-state index contributed by atoms with van der Waals surface area (Å²) in [7, 11) is 0. The van der Waals surface area contributed by atoms with E-state index in [0.717, 1.165) is 12.8 Å². The zero-order chi connectivity index (χ0) is 13.6. The molecule has 2 unspecified atom stereocenters. The molecule has 2 atom stereocenters. The fraction of sp³-hybridized carbons (Fsp3) is 0.846. The molecule has 1 saturated carbocycles. The number of ether oxygens (including phenoxy) is 1. The van der Waals surface area contributed by atoms with Gasteiger partial charge in [0.25, 0.3) is 0 Å². The van der Waals surface area contributed by atoms with Crippen molar-refractivity contribution >= 4 is 11.9 Å². The molecule has 1 spiro atoms. The SMILES string of the molecule is CC(C)(C)OC(=O)C1CC2(CC2)CNC1C(=O)[O-]. The van der Waals surface area contributed by atoms with E-state index in [1.54, 1.807) is 20.8 Å². The predicted octanol–water partition coefficient (Wildman–Crippen LogP) is -0.164. The molecule has 1 saturated heterocycles. The summed E-state index contributed by atoms with van der Waals surface area (Å²) in [6.45, 7) is 6.00. The molecule has 5 heteroatoms. The molecule has 5 nitrogen and oxygen atoms in total. The third-order valence-electron chi connectivity index (χ3n) is 3.67. The Bertz CT molecular complexity index is 368. The number of carboxylic acid groups (broad SMARTS) is 1. The Morgan fingerprint density at radius 2 is 1.94 bits per heavy atom. The van der Waals surface area contributed by atoms with Crippen LogP contribution in [-0.4, -0.2) is 30.1 Å². The van der Waals surface area contributed by atoms with Gasteiger partial charge in [-0.3, -0.25) is 4.79 Å². The van der Waals surface area contributed by atoms with Crippen LogP contribution >= 0.6 is 0 Å². The van der Waals surface area contributed by atoms with Crippen molar-refractivity contribution in [3.05, 3.63) is 0 Å². The number of carboxylic acids is 1. The highest BCUT2D eigenvalue weighted by Crippen LogP contribution is 2.52. The normalized spacial score (nSPS) is 29.9. The second-order valence-electron chi connectivity index (χ2n) is 6.52. The lowest BCUT2D eigenvalue weighted by Crippen LogP contribution is -2.58. The van der Waals surface area contributed by atoms with Crippen molar-refractivity contribution in [3.63, 3.8) is 0 Å². The first-order valence-electron chi connectivity index (χ1n) is 6.40. The molecule has 0 bridgehead atoms. The summed E-state index contributed by atoms with van der Waals surface area (Å²) < 4.78 is 5.31. The van der Waals surface area contributed by atoms with Crippen molar-refractivity contribution < 1.29 is 19.4 Å². The lowest BCUT2D eigenvalue weighted by atomic mass is 9.82. The Hall–Kier alpha value is -1.10. The minimum absolute atomic E-state index is 0.119. The molecule has 2 rings (SSSR count). The second-order valence-corrected chi connectivity index (χ2v) is 6.52. The third kappa shape index (κ3) is 2.83. The first kappa shape index (κ1) is 13.3. The van der Waals surface area contributed by atoms with Gasteiger partial charge in [-0.2, -0.15) is 0 Å².